The maximum atomic E-state index is 13.1. The predicted octanol–water partition coefficient (Wildman–Crippen LogP) is 3.95. The van der Waals surface area contributed by atoms with Crippen molar-refractivity contribution in [3.63, 3.8) is 0 Å². The minimum absolute atomic E-state index is 0.183. The molecule has 37 heavy (non-hydrogen) atoms. The molecule has 5 aromatic rings. The largest absolute Gasteiger partial charge is 0.493 e. The number of fused-ring (bicyclic) bond motifs is 1. The van der Waals surface area contributed by atoms with Crippen LogP contribution < -0.4 is 20.4 Å². The number of hydrogen-bond acceptors (Lipinski definition) is 7. The van der Waals surface area contributed by atoms with Gasteiger partial charge in [-0.25, -0.2) is 4.68 Å². The summed E-state index contributed by atoms with van der Waals surface area (Å²) >= 11 is 1.13. The Morgan fingerprint density at radius 2 is 1.84 bits per heavy atom. The van der Waals surface area contributed by atoms with E-state index in [4.69, 9.17) is 9.84 Å². The van der Waals surface area contributed by atoms with E-state index in [1.807, 2.05) is 61.7 Å². The lowest BCUT2D eigenvalue weighted by Crippen LogP contribution is -2.27. The van der Waals surface area contributed by atoms with Crippen molar-refractivity contribution in [1.29, 1.82) is 0 Å². The summed E-state index contributed by atoms with van der Waals surface area (Å²) < 4.78 is 9.39. The van der Waals surface area contributed by atoms with Crippen LogP contribution in [0.5, 0.6) is 5.75 Å². The maximum absolute atomic E-state index is 13.1. The van der Waals surface area contributed by atoms with Gasteiger partial charge in [-0.15, -0.1) is 0 Å². The topological polar surface area (TPSA) is 91.4 Å². The minimum atomic E-state index is -0.434. The molecule has 0 radical (unpaired) electrons. The Morgan fingerprint density at radius 3 is 2.57 bits per heavy atom. The van der Waals surface area contributed by atoms with Gasteiger partial charge in [0.25, 0.3) is 11.1 Å². The van der Waals surface area contributed by atoms with Gasteiger partial charge in [-0.1, -0.05) is 43.4 Å². The van der Waals surface area contributed by atoms with E-state index >= 15 is 0 Å². The second-order valence-corrected chi connectivity index (χ2v) is 10.3. The highest BCUT2D eigenvalue weighted by molar-refractivity contribution is 7.15. The molecule has 5 rings (SSSR count). The molecule has 0 aliphatic heterocycles. The van der Waals surface area contributed by atoms with Crippen molar-refractivity contribution in [3.8, 4) is 22.7 Å². The Balaban J connectivity index is 1.62. The van der Waals surface area contributed by atoms with Gasteiger partial charge in [0.1, 0.15) is 17.1 Å². The van der Waals surface area contributed by atoms with Crippen LogP contribution in [0.2, 0.25) is 0 Å². The summed E-state index contributed by atoms with van der Waals surface area (Å²) in [7, 11) is 0. The van der Waals surface area contributed by atoms with Crippen LogP contribution in [-0.4, -0.2) is 31.0 Å². The standard InChI is InChI=1S/C28H27N5O3S/c1-17(2)12-13-36-23-11-10-20(14-18(23)3)25-21(16-32(31-25)22-8-6-5-7-9-22)15-24-27(35)33-28(37-24)29-26(34)19(4)30-33/h5-11,14-17H,12-13H2,1-4H3/b24-15-. The Bertz CT molecular complexity index is 1750. The second-order valence-electron chi connectivity index (χ2n) is 9.34. The number of nitrogens with zero attached hydrogens (tertiary/aromatic N) is 5. The Hall–Kier alpha value is -4.11. The van der Waals surface area contributed by atoms with Crippen LogP contribution >= 0.6 is 11.3 Å². The lowest BCUT2D eigenvalue weighted by molar-refractivity contribution is 0.288. The van der Waals surface area contributed by atoms with Gasteiger partial charge in [0.2, 0.25) is 4.96 Å². The van der Waals surface area contributed by atoms with Gasteiger partial charge in [0, 0.05) is 17.3 Å². The average Bonchev–Trinajstić information content (AvgIpc) is 3.42. The summed E-state index contributed by atoms with van der Waals surface area (Å²) in [5.74, 6) is 1.42. The Morgan fingerprint density at radius 1 is 1.05 bits per heavy atom. The highest BCUT2D eigenvalue weighted by atomic mass is 32.1. The van der Waals surface area contributed by atoms with Crippen LogP contribution in [-0.2, 0) is 0 Å². The van der Waals surface area contributed by atoms with Gasteiger partial charge in [-0.3, -0.25) is 9.59 Å². The predicted molar refractivity (Wildman–Crippen MR) is 146 cm³/mol. The zero-order chi connectivity index (χ0) is 26.1. The van der Waals surface area contributed by atoms with E-state index in [-0.39, 0.29) is 16.2 Å². The summed E-state index contributed by atoms with van der Waals surface area (Å²) in [6.07, 6.45) is 4.67. The normalized spacial score (nSPS) is 12.1. The zero-order valence-electron chi connectivity index (χ0n) is 21.1. The lowest BCUT2D eigenvalue weighted by Gasteiger charge is -2.11. The third-order valence-electron chi connectivity index (χ3n) is 5.99. The van der Waals surface area contributed by atoms with E-state index in [0.29, 0.717) is 17.1 Å². The molecule has 0 saturated carbocycles. The van der Waals surface area contributed by atoms with E-state index in [9.17, 15) is 9.59 Å². The molecule has 0 fully saturated rings. The number of aromatic nitrogens is 5. The molecule has 0 bridgehead atoms. The first-order valence-electron chi connectivity index (χ1n) is 12.1. The van der Waals surface area contributed by atoms with Crippen molar-refractivity contribution in [2.75, 3.05) is 6.61 Å². The number of thiazole rings is 1. The zero-order valence-corrected chi connectivity index (χ0v) is 22.0. The number of benzene rings is 2. The van der Waals surface area contributed by atoms with Gasteiger partial charge >= 0.3 is 0 Å². The number of rotatable bonds is 7. The third-order valence-corrected chi connectivity index (χ3v) is 6.95. The van der Waals surface area contributed by atoms with E-state index in [0.717, 1.165) is 51.6 Å². The molecule has 0 amide bonds. The van der Waals surface area contributed by atoms with Crippen molar-refractivity contribution in [2.24, 2.45) is 5.92 Å². The molecule has 3 aromatic heterocycles. The van der Waals surface area contributed by atoms with Crippen LogP contribution in [0.25, 0.3) is 28.0 Å². The molecule has 8 nitrogen and oxygen atoms in total. The van der Waals surface area contributed by atoms with Crippen molar-refractivity contribution in [2.45, 2.75) is 34.1 Å². The molecular formula is C28H27N5O3S. The molecule has 0 aliphatic rings. The third kappa shape index (κ3) is 5.08. The highest BCUT2D eigenvalue weighted by Gasteiger charge is 2.15. The Labute approximate surface area is 217 Å². The molecule has 0 spiro atoms. The minimum Gasteiger partial charge on any atom is -0.493 e. The monoisotopic (exact) mass is 513 g/mol. The molecule has 0 atom stereocenters. The number of hydrogen-bond donors (Lipinski definition) is 0. The van der Waals surface area contributed by atoms with E-state index in [2.05, 4.69) is 23.9 Å². The number of aryl methyl sites for hydroxylation is 2. The molecule has 188 valence electrons. The van der Waals surface area contributed by atoms with Crippen LogP contribution in [0.15, 0.2) is 64.3 Å². The summed E-state index contributed by atoms with van der Waals surface area (Å²) in [4.78, 5) is 29.3. The molecule has 9 heteroatoms. The fourth-order valence-electron chi connectivity index (χ4n) is 3.92. The van der Waals surface area contributed by atoms with Crippen molar-refractivity contribution in [3.05, 3.63) is 96.8 Å². The van der Waals surface area contributed by atoms with E-state index in [1.165, 1.54) is 4.52 Å². The maximum Gasteiger partial charge on any atom is 0.295 e. The molecule has 0 saturated heterocycles. The van der Waals surface area contributed by atoms with Gasteiger partial charge < -0.3 is 4.74 Å². The molecule has 0 unspecified atom stereocenters. The fraction of sp³-hybridized carbons (Fsp3) is 0.250. The van der Waals surface area contributed by atoms with Gasteiger partial charge in [-0.05, 0) is 68.2 Å². The highest BCUT2D eigenvalue weighted by Crippen LogP contribution is 2.29. The molecule has 0 aliphatic carbocycles. The summed E-state index contributed by atoms with van der Waals surface area (Å²) in [6, 6.07) is 15.8. The molecule has 0 N–H and O–H groups in total. The Kier molecular flexibility index (Phi) is 6.71. The summed E-state index contributed by atoms with van der Waals surface area (Å²) in [6.45, 7) is 8.58. The van der Waals surface area contributed by atoms with Gasteiger partial charge in [0.15, 0.2) is 0 Å². The number of para-hydroxylation sites is 1. The number of ether oxygens (including phenoxy) is 1. The van der Waals surface area contributed by atoms with Crippen molar-refractivity contribution < 1.29 is 4.74 Å². The average molecular weight is 514 g/mol. The first-order valence-corrected chi connectivity index (χ1v) is 12.9. The second kappa shape index (κ2) is 10.1. The smallest absolute Gasteiger partial charge is 0.295 e. The SMILES string of the molecule is Cc1cc(-c2nn(-c3ccccc3)cc2/C=c2\sc3nc(=O)c(C)nn3c2=O)ccc1OCCC(C)C. The van der Waals surface area contributed by atoms with Crippen LogP contribution in [0.4, 0.5) is 0 Å². The quantitative estimate of drug-likeness (QED) is 0.327. The fourth-order valence-corrected chi connectivity index (χ4v) is 4.82. The van der Waals surface area contributed by atoms with Gasteiger partial charge in [0.05, 0.1) is 16.8 Å². The summed E-state index contributed by atoms with van der Waals surface area (Å²) in [5, 5.41) is 8.99. The van der Waals surface area contributed by atoms with Crippen LogP contribution in [0, 0.1) is 19.8 Å². The lowest BCUT2D eigenvalue weighted by atomic mass is 10.0. The van der Waals surface area contributed by atoms with Gasteiger partial charge in [-0.2, -0.15) is 19.7 Å². The van der Waals surface area contributed by atoms with E-state index in [1.54, 1.807) is 17.7 Å². The first-order chi connectivity index (χ1) is 17.8. The van der Waals surface area contributed by atoms with Crippen LogP contribution in [0.1, 0.15) is 37.1 Å². The summed E-state index contributed by atoms with van der Waals surface area (Å²) in [5.41, 5.74) is 3.74. The molecule has 3 heterocycles. The van der Waals surface area contributed by atoms with Crippen molar-refractivity contribution >= 4 is 22.4 Å². The van der Waals surface area contributed by atoms with E-state index < -0.39 is 5.56 Å². The van der Waals surface area contributed by atoms with Crippen molar-refractivity contribution in [1.82, 2.24) is 24.4 Å². The molecular weight excluding hydrogens is 486 g/mol. The first kappa shape index (κ1) is 24.6. The van der Waals surface area contributed by atoms with Crippen LogP contribution in [0.3, 0.4) is 0 Å². The molecule has 2 aromatic carbocycles.